The molecule has 0 saturated heterocycles. The van der Waals surface area contributed by atoms with E-state index in [9.17, 15) is 0 Å². The molecule has 0 radical (unpaired) electrons. The summed E-state index contributed by atoms with van der Waals surface area (Å²) in [5.41, 5.74) is 2.86. The predicted molar refractivity (Wildman–Crippen MR) is 84.6 cm³/mol. The van der Waals surface area contributed by atoms with E-state index in [1.165, 1.54) is 11.1 Å². The molecule has 112 valence electrons. The zero-order chi connectivity index (χ0) is 15.3. The van der Waals surface area contributed by atoms with Crippen LogP contribution < -0.4 is 0 Å². The van der Waals surface area contributed by atoms with Crippen molar-refractivity contribution in [1.29, 1.82) is 0 Å². The van der Waals surface area contributed by atoms with Crippen LogP contribution in [0.15, 0.2) is 24.3 Å². The summed E-state index contributed by atoms with van der Waals surface area (Å²) in [4.78, 5) is 0. The summed E-state index contributed by atoms with van der Waals surface area (Å²) in [5, 5.41) is 15.2. The highest BCUT2D eigenvalue weighted by Crippen LogP contribution is 2.14. The first-order valence-electron chi connectivity index (χ1n) is 7.15. The van der Waals surface area contributed by atoms with Gasteiger partial charge < -0.3 is 10.2 Å². The Bertz CT molecular complexity index is 276. The average molecular weight is 268 g/mol. The smallest absolute Gasteiger partial charge is 0.0433 e. The van der Waals surface area contributed by atoms with E-state index in [-0.39, 0.29) is 0 Å². The van der Waals surface area contributed by atoms with E-state index < -0.39 is 0 Å². The third kappa shape index (κ3) is 11.9. The number of rotatable bonds is 4. The molecule has 0 aliphatic rings. The number of benzene rings is 1. The highest BCUT2D eigenvalue weighted by atomic mass is 16.3. The van der Waals surface area contributed by atoms with Gasteiger partial charge in [0.05, 0.1) is 0 Å². The van der Waals surface area contributed by atoms with E-state index in [1.54, 1.807) is 0 Å². The van der Waals surface area contributed by atoms with Crippen LogP contribution in [0.3, 0.4) is 0 Å². The summed E-state index contributed by atoms with van der Waals surface area (Å²) in [6, 6.07) is 8.89. The number of aliphatic hydroxyl groups is 2. The second-order valence-corrected chi connectivity index (χ2v) is 5.16. The molecule has 0 bridgehead atoms. The first kappa shape index (κ1) is 20.5. The van der Waals surface area contributed by atoms with Gasteiger partial charge in [-0.15, -0.1) is 0 Å². The van der Waals surface area contributed by atoms with Crippen LogP contribution in [0.2, 0.25) is 0 Å². The minimum absolute atomic E-state index is 0.331. The maximum absolute atomic E-state index is 8.24. The largest absolute Gasteiger partial charge is 0.400 e. The quantitative estimate of drug-likeness (QED) is 0.866. The van der Waals surface area contributed by atoms with Gasteiger partial charge in [-0.1, -0.05) is 58.9 Å². The minimum atomic E-state index is 0.331. The maximum Gasteiger partial charge on any atom is 0.0433 e. The standard InChI is InChI=1S/C11H16.C5H12O.CH4O/c1-4-10-5-7-11(8-6-10)9(2)3;1-5(2)3-4-6;1-2/h5-9H,4H2,1-3H3;5-6H,3-4H2,1-2H3;2H,1H3. The molecule has 0 aliphatic carbocycles. The lowest BCUT2D eigenvalue weighted by molar-refractivity contribution is 0.268. The molecular formula is C17H32O2. The Morgan fingerprint density at radius 1 is 0.947 bits per heavy atom. The highest BCUT2D eigenvalue weighted by Gasteiger charge is 1.96. The van der Waals surface area contributed by atoms with Crippen molar-refractivity contribution in [2.75, 3.05) is 13.7 Å². The Morgan fingerprint density at radius 3 is 1.63 bits per heavy atom. The van der Waals surface area contributed by atoms with Gasteiger partial charge in [0.15, 0.2) is 0 Å². The second-order valence-electron chi connectivity index (χ2n) is 5.16. The zero-order valence-corrected chi connectivity index (χ0v) is 13.5. The van der Waals surface area contributed by atoms with Gasteiger partial charge in [0.2, 0.25) is 0 Å². The van der Waals surface area contributed by atoms with Crippen LogP contribution in [0, 0.1) is 5.92 Å². The normalized spacial score (nSPS) is 9.58. The van der Waals surface area contributed by atoms with Gasteiger partial charge in [-0.2, -0.15) is 0 Å². The number of aryl methyl sites for hydroxylation is 1. The molecule has 0 aliphatic heterocycles. The molecule has 0 heterocycles. The zero-order valence-electron chi connectivity index (χ0n) is 13.5. The SMILES string of the molecule is CC(C)CCO.CCc1ccc(C(C)C)cc1.CO. The van der Waals surface area contributed by atoms with Gasteiger partial charge in [-0.25, -0.2) is 0 Å². The Morgan fingerprint density at radius 2 is 1.42 bits per heavy atom. The van der Waals surface area contributed by atoms with E-state index in [0.717, 1.165) is 20.0 Å². The van der Waals surface area contributed by atoms with Crippen molar-refractivity contribution < 1.29 is 10.2 Å². The summed E-state index contributed by atoms with van der Waals surface area (Å²) in [6.45, 7) is 11.1. The summed E-state index contributed by atoms with van der Waals surface area (Å²) >= 11 is 0. The van der Waals surface area contributed by atoms with Crippen LogP contribution in [0.4, 0.5) is 0 Å². The van der Waals surface area contributed by atoms with Gasteiger partial charge in [0.25, 0.3) is 0 Å². The monoisotopic (exact) mass is 268 g/mol. The van der Waals surface area contributed by atoms with Crippen molar-refractivity contribution in [3.8, 4) is 0 Å². The van der Waals surface area contributed by atoms with Crippen LogP contribution in [0.5, 0.6) is 0 Å². The summed E-state index contributed by atoms with van der Waals surface area (Å²) in [5.74, 6) is 1.30. The van der Waals surface area contributed by atoms with Crippen LogP contribution in [-0.2, 0) is 6.42 Å². The lowest BCUT2D eigenvalue weighted by Gasteiger charge is -2.04. The Labute approximate surface area is 119 Å². The van der Waals surface area contributed by atoms with Crippen LogP contribution in [-0.4, -0.2) is 23.9 Å². The fourth-order valence-corrected chi connectivity index (χ4v) is 1.40. The van der Waals surface area contributed by atoms with Gasteiger partial charge in [0, 0.05) is 13.7 Å². The fraction of sp³-hybridized carbons (Fsp3) is 0.647. The second kappa shape index (κ2) is 13.6. The first-order chi connectivity index (χ1) is 9.01. The molecule has 0 amide bonds. The molecule has 1 aromatic rings. The molecule has 2 heteroatoms. The first-order valence-corrected chi connectivity index (χ1v) is 7.15. The van der Waals surface area contributed by atoms with Gasteiger partial charge in [-0.3, -0.25) is 0 Å². The number of hydrogen-bond acceptors (Lipinski definition) is 2. The van der Waals surface area contributed by atoms with E-state index in [4.69, 9.17) is 10.2 Å². The molecule has 19 heavy (non-hydrogen) atoms. The molecule has 0 aromatic heterocycles. The lowest BCUT2D eigenvalue weighted by Crippen LogP contribution is -1.89. The molecule has 1 rings (SSSR count). The molecule has 0 spiro atoms. The Hall–Kier alpha value is -0.860. The fourth-order valence-electron chi connectivity index (χ4n) is 1.40. The van der Waals surface area contributed by atoms with E-state index in [2.05, 4.69) is 58.9 Å². The summed E-state index contributed by atoms with van der Waals surface area (Å²) < 4.78 is 0. The third-order valence-corrected chi connectivity index (χ3v) is 2.76. The van der Waals surface area contributed by atoms with Crippen LogP contribution in [0.25, 0.3) is 0 Å². The van der Waals surface area contributed by atoms with E-state index >= 15 is 0 Å². The van der Waals surface area contributed by atoms with Gasteiger partial charge in [-0.05, 0) is 35.8 Å². The lowest BCUT2D eigenvalue weighted by atomic mass is 10.0. The van der Waals surface area contributed by atoms with Crippen molar-refractivity contribution in [3.05, 3.63) is 35.4 Å². The topological polar surface area (TPSA) is 40.5 Å². The molecule has 0 fully saturated rings. The van der Waals surface area contributed by atoms with Crippen molar-refractivity contribution in [3.63, 3.8) is 0 Å². The minimum Gasteiger partial charge on any atom is -0.400 e. The Kier molecular flexibility index (Phi) is 14.6. The molecule has 2 N–H and O–H groups in total. The molecular weight excluding hydrogens is 236 g/mol. The van der Waals surface area contributed by atoms with Crippen molar-refractivity contribution >= 4 is 0 Å². The summed E-state index contributed by atoms with van der Waals surface area (Å²) in [6.07, 6.45) is 2.07. The van der Waals surface area contributed by atoms with Gasteiger partial charge in [0.1, 0.15) is 0 Å². The highest BCUT2D eigenvalue weighted by molar-refractivity contribution is 5.24. The van der Waals surface area contributed by atoms with E-state index in [0.29, 0.717) is 18.4 Å². The average Bonchev–Trinajstić information content (AvgIpc) is 2.41. The number of hydrogen-bond donors (Lipinski definition) is 2. The predicted octanol–water partition coefficient (Wildman–Crippen LogP) is 4.01. The maximum atomic E-state index is 8.24. The molecule has 1 aromatic carbocycles. The molecule has 0 atom stereocenters. The van der Waals surface area contributed by atoms with Crippen molar-refractivity contribution in [2.45, 2.75) is 53.4 Å². The Balaban J connectivity index is 0. The number of aliphatic hydroxyl groups excluding tert-OH is 2. The van der Waals surface area contributed by atoms with Crippen LogP contribution >= 0.6 is 0 Å². The molecule has 0 saturated carbocycles. The van der Waals surface area contributed by atoms with Gasteiger partial charge >= 0.3 is 0 Å². The third-order valence-electron chi connectivity index (χ3n) is 2.76. The van der Waals surface area contributed by atoms with Crippen molar-refractivity contribution in [2.24, 2.45) is 5.92 Å². The molecule has 2 nitrogen and oxygen atoms in total. The molecule has 0 unspecified atom stereocenters. The van der Waals surface area contributed by atoms with Crippen LogP contribution in [0.1, 0.15) is 58.1 Å². The van der Waals surface area contributed by atoms with Crippen molar-refractivity contribution in [1.82, 2.24) is 0 Å². The van der Waals surface area contributed by atoms with E-state index in [1.807, 2.05) is 0 Å². The summed E-state index contributed by atoms with van der Waals surface area (Å²) in [7, 11) is 1.00.